The summed E-state index contributed by atoms with van der Waals surface area (Å²) in [7, 11) is 1.63. The lowest BCUT2D eigenvalue weighted by Gasteiger charge is -2.03. The fourth-order valence-corrected chi connectivity index (χ4v) is 0.972. The second-order valence-corrected chi connectivity index (χ2v) is 2.31. The second-order valence-electron chi connectivity index (χ2n) is 2.31. The van der Waals surface area contributed by atoms with Crippen LogP contribution < -0.4 is 4.74 Å². The Morgan fingerprint density at radius 2 is 2.36 bits per heavy atom. The van der Waals surface area contributed by atoms with E-state index in [1.807, 2.05) is 0 Å². The van der Waals surface area contributed by atoms with E-state index in [2.05, 4.69) is 16.9 Å². The van der Waals surface area contributed by atoms with Crippen LogP contribution >= 0.6 is 0 Å². The van der Waals surface area contributed by atoms with Crippen LogP contribution in [0, 0.1) is 0 Å². The zero-order chi connectivity index (χ0) is 8.10. The fourth-order valence-electron chi connectivity index (χ4n) is 0.972. The molecule has 0 aliphatic rings. The first-order valence-electron chi connectivity index (χ1n) is 3.71. The molecule has 0 saturated carbocycles. The van der Waals surface area contributed by atoms with E-state index in [0.717, 1.165) is 18.4 Å². The summed E-state index contributed by atoms with van der Waals surface area (Å²) in [5.74, 6) is 0.696. The summed E-state index contributed by atoms with van der Waals surface area (Å²) in [6, 6.07) is 0. The van der Waals surface area contributed by atoms with E-state index < -0.39 is 0 Å². The van der Waals surface area contributed by atoms with Crippen LogP contribution in [0.5, 0.6) is 5.88 Å². The number of nitrogens with zero attached hydrogens (tertiary/aromatic N) is 2. The SMILES string of the molecule is CCCc1cncnc1OC. The van der Waals surface area contributed by atoms with Crippen LogP contribution in [-0.2, 0) is 6.42 Å². The minimum Gasteiger partial charge on any atom is -0.481 e. The monoisotopic (exact) mass is 152 g/mol. The lowest BCUT2D eigenvalue weighted by molar-refractivity contribution is 0.391. The Hall–Kier alpha value is -1.12. The number of methoxy groups -OCH3 is 1. The molecule has 0 aliphatic heterocycles. The summed E-state index contributed by atoms with van der Waals surface area (Å²) in [6.07, 6.45) is 5.36. The lowest BCUT2D eigenvalue weighted by Crippen LogP contribution is -1.95. The highest BCUT2D eigenvalue weighted by Crippen LogP contribution is 2.13. The van der Waals surface area contributed by atoms with E-state index >= 15 is 0 Å². The summed E-state index contributed by atoms with van der Waals surface area (Å²) in [5.41, 5.74) is 1.08. The van der Waals surface area contributed by atoms with Gasteiger partial charge in [0.2, 0.25) is 5.88 Å². The van der Waals surface area contributed by atoms with Gasteiger partial charge in [0.25, 0.3) is 0 Å². The minimum atomic E-state index is 0.696. The van der Waals surface area contributed by atoms with Crippen molar-refractivity contribution in [2.45, 2.75) is 19.8 Å². The van der Waals surface area contributed by atoms with Gasteiger partial charge in [-0.25, -0.2) is 9.97 Å². The van der Waals surface area contributed by atoms with E-state index in [9.17, 15) is 0 Å². The molecule has 0 atom stereocenters. The highest BCUT2D eigenvalue weighted by Gasteiger charge is 2.00. The molecule has 0 amide bonds. The highest BCUT2D eigenvalue weighted by atomic mass is 16.5. The Kier molecular flexibility index (Phi) is 2.83. The van der Waals surface area contributed by atoms with Gasteiger partial charge >= 0.3 is 0 Å². The molecule has 0 N–H and O–H groups in total. The normalized spacial score (nSPS) is 9.64. The molecule has 0 fully saturated rings. The van der Waals surface area contributed by atoms with Gasteiger partial charge in [-0.1, -0.05) is 13.3 Å². The zero-order valence-corrected chi connectivity index (χ0v) is 6.87. The van der Waals surface area contributed by atoms with E-state index in [0.29, 0.717) is 5.88 Å². The smallest absolute Gasteiger partial charge is 0.219 e. The van der Waals surface area contributed by atoms with Gasteiger partial charge in [-0.05, 0) is 6.42 Å². The predicted octanol–water partition coefficient (Wildman–Crippen LogP) is 1.44. The molecule has 0 radical (unpaired) electrons. The molecule has 11 heavy (non-hydrogen) atoms. The van der Waals surface area contributed by atoms with E-state index in [1.54, 1.807) is 13.3 Å². The second kappa shape index (κ2) is 3.91. The summed E-state index contributed by atoms with van der Waals surface area (Å²) in [6.45, 7) is 2.12. The zero-order valence-electron chi connectivity index (χ0n) is 6.87. The quantitative estimate of drug-likeness (QED) is 0.657. The van der Waals surface area contributed by atoms with Crippen molar-refractivity contribution < 1.29 is 4.74 Å². The Morgan fingerprint density at radius 1 is 1.55 bits per heavy atom. The first kappa shape index (κ1) is 7.98. The number of rotatable bonds is 3. The van der Waals surface area contributed by atoms with Gasteiger partial charge in [-0.15, -0.1) is 0 Å². The maximum atomic E-state index is 5.05. The van der Waals surface area contributed by atoms with Crippen molar-refractivity contribution in [2.24, 2.45) is 0 Å². The van der Waals surface area contributed by atoms with Crippen LogP contribution in [0.4, 0.5) is 0 Å². The molecule has 0 saturated heterocycles. The summed E-state index contributed by atoms with van der Waals surface area (Å²) >= 11 is 0. The average molecular weight is 152 g/mol. The predicted molar refractivity (Wildman–Crippen MR) is 42.6 cm³/mol. The van der Waals surface area contributed by atoms with Crippen molar-refractivity contribution in [1.82, 2.24) is 9.97 Å². The van der Waals surface area contributed by atoms with Gasteiger partial charge < -0.3 is 4.74 Å². The van der Waals surface area contributed by atoms with Gasteiger partial charge in [0, 0.05) is 11.8 Å². The first-order chi connectivity index (χ1) is 5.38. The molecule has 0 bridgehead atoms. The summed E-state index contributed by atoms with van der Waals surface area (Å²) in [4.78, 5) is 7.90. The number of hydrogen-bond acceptors (Lipinski definition) is 3. The molecule has 0 spiro atoms. The highest BCUT2D eigenvalue weighted by molar-refractivity contribution is 5.21. The van der Waals surface area contributed by atoms with Crippen LogP contribution in [0.3, 0.4) is 0 Å². The average Bonchev–Trinajstić information content (AvgIpc) is 2.06. The fraction of sp³-hybridized carbons (Fsp3) is 0.500. The Morgan fingerprint density at radius 3 is 3.00 bits per heavy atom. The molecule has 1 aromatic rings. The van der Waals surface area contributed by atoms with Gasteiger partial charge in [0.1, 0.15) is 6.33 Å². The molecule has 1 heterocycles. The van der Waals surface area contributed by atoms with Crippen LogP contribution in [-0.4, -0.2) is 17.1 Å². The number of hydrogen-bond donors (Lipinski definition) is 0. The number of ether oxygens (including phenoxy) is 1. The molecule has 0 aliphatic carbocycles. The minimum absolute atomic E-state index is 0.696. The maximum absolute atomic E-state index is 5.05. The first-order valence-corrected chi connectivity index (χ1v) is 3.71. The van der Waals surface area contributed by atoms with Crippen LogP contribution in [0.1, 0.15) is 18.9 Å². The van der Waals surface area contributed by atoms with Crippen molar-refractivity contribution >= 4 is 0 Å². The Labute approximate surface area is 66.4 Å². The molecule has 0 unspecified atom stereocenters. The van der Waals surface area contributed by atoms with Crippen LogP contribution in [0.15, 0.2) is 12.5 Å². The van der Waals surface area contributed by atoms with Gasteiger partial charge in [-0.2, -0.15) is 0 Å². The molecule has 60 valence electrons. The molecular weight excluding hydrogens is 140 g/mol. The molecule has 3 nitrogen and oxygen atoms in total. The third-order valence-electron chi connectivity index (χ3n) is 1.46. The van der Waals surface area contributed by atoms with Gasteiger partial charge in [0.05, 0.1) is 7.11 Å². The largest absolute Gasteiger partial charge is 0.481 e. The Bertz CT molecular complexity index is 225. The van der Waals surface area contributed by atoms with Crippen LogP contribution in [0.25, 0.3) is 0 Å². The van der Waals surface area contributed by atoms with Crippen molar-refractivity contribution in [3.05, 3.63) is 18.1 Å². The molecular formula is C8H12N2O. The summed E-state index contributed by atoms with van der Waals surface area (Å²) < 4.78 is 5.05. The molecule has 1 aromatic heterocycles. The molecule has 1 rings (SSSR count). The van der Waals surface area contributed by atoms with Crippen molar-refractivity contribution in [3.8, 4) is 5.88 Å². The third-order valence-corrected chi connectivity index (χ3v) is 1.46. The molecule has 0 aromatic carbocycles. The Balaban J connectivity index is 2.83. The standard InChI is InChI=1S/C8H12N2O/c1-3-4-7-5-9-6-10-8(7)11-2/h5-6H,3-4H2,1-2H3. The van der Waals surface area contributed by atoms with E-state index in [1.165, 1.54) is 6.33 Å². The summed E-state index contributed by atoms with van der Waals surface area (Å²) in [5, 5.41) is 0. The van der Waals surface area contributed by atoms with Gasteiger partial charge in [0.15, 0.2) is 0 Å². The van der Waals surface area contributed by atoms with Crippen LogP contribution in [0.2, 0.25) is 0 Å². The van der Waals surface area contributed by atoms with E-state index in [-0.39, 0.29) is 0 Å². The van der Waals surface area contributed by atoms with Crippen molar-refractivity contribution in [2.75, 3.05) is 7.11 Å². The van der Waals surface area contributed by atoms with Crippen molar-refractivity contribution in [3.63, 3.8) is 0 Å². The number of aryl methyl sites for hydroxylation is 1. The molecule has 3 heteroatoms. The lowest BCUT2D eigenvalue weighted by atomic mass is 10.2. The van der Waals surface area contributed by atoms with E-state index in [4.69, 9.17) is 4.74 Å². The topological polar surface area (TPSA) is 35.0 Å². The van der Waals surface area contributed by atoms with Gasteiger partial charge in [-0.3, -0.25) is 0 Å². The van der Waals surface area contributed by atoms with Crippen molar-refractivity contribution in [1.29, 1.82) is 0 Å². The maximum Gasteiger partial charge on any atom is 0.219 e. The number of aromatic nitrogens is 2. The third kappa shape index (κ3) is 1.90.